The largest absolute Gasteiger partial charge is 0.481 e. The number of ether oxygens (including phenoxy) is 1. The van der Waals surface area contributed by atoms with Gasteiger partial charge in [0.2, 0.25) is 0 Å². The highest BCUT2D eigenvalue weighted by Crippen LogP contribution is 2.20. The molecule has 0 radical (unpaired) electrons. The Bertz CT molecular complexity index is 243. The lowest BCUT2D eigenvalue weighted by Crippen LogP contribution is -2.37. The van der Waals surface area contributed by atoms with Gasteiger partial charge in [0.15, 0.2) is 0 Å². The predicted octanol–water partition coefficient (Wildman–Crippen LogP) is 2.24. The lowest BCUT2D eigenvalue weighted by atomic mass is 9.93. The van der Waals surface area contributed by atoms with Crippen molar-refractivity contribution in [3.05, 3.63) is 0 Å². The average molecular weight is 257 g/mol. The molecule has 0 spiro atoms. The first-order valence-electron chi connectivity index (χ1n) is 7.10. The van der Waals surface area contributed by atoms with Gasteiger partial charge in [-0.2, -0.15) is 0 Å². The van der Waals surface area contributed by atoms with E-state index < -0.39 is 5.97 Å². The molecule has 18 heavy (non-hydrogen) atoms. The molecule has 0 aromatic heterocycles. The summed E-state index contributed by atoms with van der Waals surface area (Å²) in [6.45, 7) is 9.09. The maximum Gasteiger partial charge on any atom is 0.303 e. The SMILES string of the molecule is CC(C)COCCN1CCCC(CCC(=O)O)C1. The van der Waals surface area contributed by atoms with E-state index in [2.05, 4.69) is 18.7 Å². The van der Waals surface area contributed by atoms with E-state index in [9.17, 15) is 4.79 Å². The van der Waals surface area contributed by atoms with Gasteiger partial charge < -0.3 is 14.7 Å². The molecule has 0 aliphatic carbocycles. The topological polar surface area (TPSA) is 49.8 Å². The third kappa shape index (κ3) is 6.97. The van der Waals surface area contributed by atoms with E-state index >= 15 is 0 Å². The van der Waals surface area contributed by atoms with E-state index in [1.54, 1.807) is 0 Å². The van der Waals surface area contributed by atoms with Crippen molar-refractivity contribution in [3.63, 3.8) is 0 Å². The van der Waals surface area contributed by atoms with E-state index in [-0.39, 0.29) is 0 Å². The fourth-order valence-electron chi connectivity index (χ4n) is 2.43. The van der Waals surface area contributed by atoms with Crippen LogP contribution in [0.4, 0.5) is 0 Å². The minimum Gasteiger partial charge on any atom is -0.481 e. The van der Waals surface area contributed by atoms with Crippen LogP contribution in [0.5, 0.6) is 0 Å². The number of nitrogens with zero attached hydrogens (tertiary/aromatic N) is 1. The van der Waals surface area contributed by atoms with Gasteiger partial charge in [0, 0.05) is 26.1 Å². The van der Waals surface area contributed by atoms with Gasteiger partial charge in [0.1, 0.15) is 0 Å². The monoisotopic (exact) mass is 257 g/mol. The Morgan fingerprint density at radius 3 is 2.94 bits per heavy atom. The predicted molar refractivity (Wildman–Crippen MR) is 71.7 cm³/mol. The van der Waals surface area contributed by atoms with Gasteiger partial charge >= 0.3 is 5.97 Å². The number of likely N-dealkylation sites (tertiary alicyclic amines) is 1. The molecule has 0 aromatic rings. The Balaban J connectivity index is 2.12. The molecule has 106 valence electrons. The number of hydrogen-bond donors (Lipinski definition) is 1. The van der Waals surface area contributed by atoms with Gasteiger partial charge in [-0.15, -0.1) is 0 Å². The summed E-state index contributed by atoms with van der Waals surface area (Å²) in [5.74, 6) is 0.474. The molecule has 1 fully saturated rings. The molecule has 1 heterocycles. The summed E-state index contributed by atoms with van der Waals surface area (Å²) in [5, 5.41) is 8.70. The molecule has 1 saturated heterocycles. The zero-order valence-corrected chi connectivity index (χ0v) is 11.7. The summed E-state index contributed by atoms with van der Waals surface area (Å²) >= 11 is 0. The number of carboxylic acid groups (broad SMARTS) is 1. The fourth-order valence-corrected chi connectivity index (χ4v) is 2.43. The van der Waals surface area contributed by atoms with Crippen LogP contribution in [0, 0.1) is 11.8 Å². The molecule has 1 atom stereocenters. The van der Waals surface area contributed by atoms with E-state index in [1.165, 1.54) is 12.8 Å². The number of carboxylic acids is 1. The van der Waals surface area contributed by atoms with Crippen molar-refractivity contribution in [2.45, 2.75) is 39.5 Å². The van der Waals surface area contributed by atoms with Crippen LogP contribution in [-0.2, 0) is 9.53 Å². The van der Waals surface area contributed by atoms with Crippen molar-refractivity contribution in [1.82, 2.24) is 4.90 Å². The van der Waals surface area contributed by atoms with Gasteiger partial charge in [0.05, 0.1) is 6.61 Å². The van der Waals surface area contributed by atoms with Crippen LogP contribution in [-0.4, -0.2) is 48.8 Å². The second kappa shape index (κ2) is 8.48. The molecule has 0 amide bonds. The van der Waals surface area contributed by atoms with E-state index in [1.807, 2.05) is 0 Å². The highest BCUT2D eigenvalue weighted by Gasteiger charge is 2.20. The molecule has 1 aliphatic rings. The Labute approximate surface area is 110 Å². The first kappa shape index (κ1) is 15.4. The number of piperidine rings is 1. The molecule has 1 N–H and O–H groups in total. The third-order valence-electron chi connectivity index (χ3n) is 3.37. The zero-order chi connectivity index (χ0) is 13.4. The summed E-state index contributed by atoms with van der Waals surface area (Å²) in [4.78, 5) is 13.0. The zero-order valence-electron chi connectivity index (χ0n) is 11.7. The highest BCUT2D eigenvalue weighted by atomic mass is 16.5. The minimum atomic E-state index is -0.674. The van der Waals surface area contributed by atoms with Crippen molar-refractivity contribution in [2.24, 2.45) is 11.8 Å². The molecule has 0 bridgehead atoms. The summed E-state index contributed by atoms with van der Waals surface area (Å²) in [6.07, 6.45) is 3.49. The number of hydrogen-bond acceptors (Lipinski definition) is 3. The second-order valence-corrected chi connectivity index (χ2v) is 5.71. The summed E-state index contributed by atoms with van der Waals surface area (Å²) in [5.41, 5.74) is 0. The molecule has 1 aliphatic heterocycles. The number of carbonyl (C=O) groups is 1. The van der Waals surface area contributed by atoms with Gasteiger partial charge in [-0.25, -0.2) is 0 Å². The Morgan fingerprint density at radius 2 is 2.28 bits per heavy atom. The smallest absolute Gasteiger partial charge is 0.303 e. The van der Waals surface area contributed by atoms with Crippen LogP contribution in [0.15, 0.2) is 0 Å². The maximum atomic E-state index is 10.6. The molecule has 4 heteroatoms. The Kier molecular flexibility index (Phi) is 7.28. The van der Waals surface area contributed by atoms with Crippen LogP contribution >= 0.6 is 0 Å². The molecule has 0 aromatic carbocycles. The maximum absolute atomic E-state index is 10.6. The minimum absolute atomic E-state index is 0.308. The first-order valence-corrected chi connectivity index (χ1v) is 7.10. The highest BCUT2D eigenvalue weighted by molar-refractivity contribution is 5.66. The van der Waals surface area contributed by atoms with Crippen molar-refractivity contribution in [2.75, 3.05) is 32.8 Å². The third-order valence-corrected chi connectivity index (χ3v) is 3.37. The van der Waals surface area contributed by atoms with Crippen LogP contribution in [0.25, 0.3) is 0 Å². The lowest BCUT2D eigenvalue weighted by Gasteiger charge is -2.32. The Hall–Kier alpha value is -0.610. The van der Waals surface area contributed by atoms with Gasteiger partial charge in [-0.1, -0.05) is 13.8 Å². The molecular formula is C14H27NO3. The number of rotatable bonds is 8. The van der Waals surface area contributed by atoms with Gasteiger partial charge in [-0.05, 0) is 37.6 Å². The second-order valence-electron chi connectivity index (χ2n) is 5.71. The van der Waals surface area contributed by atoms with Crippen molar-refractivity contribution in [1.29, 1.82) is 0 Å². The average Bonchev–Trinajstić information content (AvgIpc) is 2.32. The van der Waals surface area contributed by atoms with Crippen LogP contribution in [0.3, 0.4) is 0 Å². The Morgan fingerprint density at radius 1 is 1.50 bits per heavy atom. The van der Waals surface area contributed by atoms with Crippen LogP contribution in [0.1, 0.15) is 39.5 Å². The van der Waals surface area contributed by atoms with E-state index in [0.29, 0.717) is 18.3 Å². The number of aliphatic carboxylic acids is 1. The van der Waals surface area contributed by atoms with Gasteiger partial charge in [-0.3, -0.25) is 4.79 Å². The fraction of sp³-hybridized carbons (Fsp3) is 0.929. The molecule has 0 saturated carbocycles. The van der Waals surface area contributed by atoms with Crippen LogP contribution < -0.4 is 0 Å². The molecule has 1 unspecified atom stereocenters. The molecular weight excluding hydrogens is 230 g/mol. The van der Waals surface area contributed by atoms with E-state index in [4.69, 9.17) is 9.84 Å². The van der Waals surface area contributed by atoms with Crippen molar-refractivity contribution < 1.29 is 14.6 Å². The quantitative estimate of drug-likeness (QED) is 0.677. The van der Waals surface area contributed by atoms with Crippen molar-refractivity contribution >= 4 is 5.97 Å². The normalized spacial score (nSPS) is 21.4. The van der Waals surface area contributed by atoms with Crippen molar-refractivity contribution in [3.8, 4) is 0 Å². The lowest BCUT2D eigenvalue weighted by molar-refractivity contribution is -0.137. The summed E-state index contributed by atoms with van der Waals surface area (Å²) in [7, 11) is 0. The first-order chi connectivity index (χ1) is 8.58. The molecule has 1 rings (SSSR count). The summed E-state index contributed by atoms with van der Waals surface area (Å²) in [6, 6.07) is 0. The van der Waals surface area contributed by atoms with Crippen LogP contribution in [0.2, 0.25) is 0 Å². The van der Waals surface area contributed by atoms with Gasteiger partial charge in [0.25, 0.3) is 0 Å². The standard InChI is InChI=1S/C14H27NO3/c1-12(2)11-18-9-8-15-7-3-4-13(10-15)5-6-14(16)17/h12-13H,3-11H2,1-2H3,(H,16,17). The summed E-state index contributed by atoms with van der Waals surface area (Å²) < 4.78 is 5.60. The molecule has 4 nitrogen and oxygen atoms in total. The van der Waals surface area contributed by atoms with E-state index in [0.717, 1.165) is 39.3 Å².